The Morgan fingerprint density at radius 1 is 1.09 bits per heavy atom. The number of para-hydroxylation sites is 1. The highest BCUT2D eigenvalue weighted by molar-refractivity contribution is 7.89. The zero-order chi connectivity index (χ0) is 15.7. The third-order valence-electron chi connectivity index (χ3n) is 3.33. The van der Waals surface area contributed by atoms with E-state index in [4.69, 9.17) is 4.42 Å². The largest absolute Gasteiger partial charge is 0.459 e. The molecule has 0 saturated heterocycles. The van der Waals surface area contributed by atoms with Crippen molar-refractivity contribution in [2.24, 2.45) is 0 Å². The lowest BCUT2D eigenvalue weighted by molar-refractivity contribution is 0.482. The van der Waals surface area contributed by atoms with Crippen LogP contribution < -0.4 is 4.72 Å². The zero-order valence-electron chi connectivity index (χ0n) is 11.8. The highest BCUT2D eigenvalue weighted by Crippen LogP contribution is 2.25. The van der Waals surface area contributed by atoms with Crippen molar-refractivity contribution >= 4 is 21.0 Å². The molecule has 114 valence electrons. The van der Waals surface area contributed by atoms with E-state index >= 15 is 0 Å². The van der Waals surface area contributed by atoms with Gasteiger partial charge in [0.15, 0.2) is 0 Å². The predicted octanol–water partition coefficient (Wildman–Crippen LogP) is 3.61. The molecule has 0 amide bonds. The van der Waals surface area contributed by atoms with E-state index in [0.29, 0.717) is 11.3 Å². The monoisotopic (exact) mass is 319 g/mol. The lowest BCUT2D eigenvalue weighted by Gasteiger charge is -2.12. The molecule has 22 heavy (non-hydrogen) atoms. The molecule has 0 radical (unpaired) electrons. The predicted molar refractivity (Wildman–Crippen MR) is 81.4 cm³/mol. The van der Waals surface area contributed by atoms with E-state index < -0.39 is 21.9 Å². The number of hydrogen-bond acceptors (Lipinski definition) is 3. The number of sulfonamides is 1. The lowest BCUT2D eigenvalue weighted by atomic mass is 10.2. The van der Waals surface area contributed by atoms with E-state index in [1.165, 1.54) is 18.2 Å². The van der Waals surface area contributed by atoms with Gasteiger partial charge in [-0.2, -0.15) is 0 Å². The number of fused-ring (bicyclic) bond motifs is 1. The fraction of sp³-hybridized carbons (Fsp3) is 0.125. The van der Waals surface area contributed by atoms with Gasteiger partial charge in [0, 0.05) is 5.39 Å². The number of hydrogen-bond donors (Lipinski definition) is 1. The van der Waals surface area contributed by atoms with Gasteiger partial charge in [0.1, 0.15) is 22.1 Å². The summed E-state index contributed by atoms with van der Waals surface area (Å²) >= 11 is 0. The van der Waals surface area contributed by atoms with Crippen molar-refractivity contribution in [3.05, 3.63) is 66.2 Å². The Kier molecular flexibility index (Phi) is 3.72. The number of furan rings is 1. The van der Waals surface area contributed by atoms with Crippen molar-refractivity contribution in [3.63, 3.8) is 0 Å². The van der Waals surface area contributed by atoms with Crippen LogP contribution in [-0.4, -0.2) is 8.42 Å². The summed E-state index contributed by atoms with van der Waals surface area (Å²) in [6.45, 7) is 1.65. The normalized spacial score (nSPS) is 13.4. The smallest absolute Gasteiger partial charge is 0.244 e. The molecule has 1 N–H and O–H groups in total. The lowest BCUT2D eigenvalue weighted by Crippen LogP contribution is -2.27. The summed E-state index contributed by atoms with van der Waals surface area (Å²) in [6, 6.07) is 13.8. The second-order valence-electron chi connectivity index (χ2n) is 4.96. The molecule has 6 heteroatoms. The zero-order valence-corrected chi connectivity index (χ0v) is 12.6. The molecule has 0 aliphatic heterocycles. The average molecular weight is 319 g/mol. The second-order valence-corrected chi connectivity index (χ2v) is 6.64. The van der Waals surface area contributed by atoms with Crippen LogP contribution in [0.4, 0.5) is 4.39 Å². The van der Waals surface area contributed by atoms with Crippen molar-refractivity contribution in [1.82, 2.24) is 4.72 Å². The molecule has 2 aromatic carbocycles. The van der Waals surface area contributed by atoms with Gasteiger partial charge in [0.25, 0.3) is 0 Å². The summed E-state index contributed by atoms with van der Waals surface area (Å²) < 4.78 is 46.2. The SMILES string of the molecule is C[C@H](NS(=O)(=O)c1ccccc1F)c1cc2ccccc2o1. The summed E-state index contributed by atoms with van der Waals surface area (Å²) in [6.07, 6.45) is 0. The molecule has 1 aromatic heterocycles. The summed E-state index contributed by atoms with van der Waals surface area (Å²) in [5.41, 5.74) is 0.675. The molecule has 0 fully saturated rings. The summed E-state index contributed by atoms with van der Waals surface area (Å²) in [4.78, 5) is -0.377. The van der Waals surface area contributed by atoms with E-state index in [1.54, 1.807) is 19.1 Å². The Bertz CT molecular complexity index is 885. The van der Waals surface area contributed by atoms with Gasteiger partial charge in [-0.1, -0.05) is 30.3 Å². The minimum absolute atomic E-state index is 0.377. The van der Waals surface area contributed by atoms with Gasteiger partial charge in [-0.25, -0.2) is 17.5 Å². The topological polar surface area (TPSA) is 59.3 Å². The quantitative estimate of drug-likeness (QED) is 0.799. The average Bonchev–Trinajstić information content (AvgIpc) is 2.91. The fourth-order valence-corrected chi connectivity index (χ4v) is 3.52. The summed E-state index contributed by atoms with van der Waals surface area (Å²) in [5, 5.41) is 0.884. The van der Waals surface area contributed by atoms with Crippen molar-refractivity contribution in [2.45, 2.75) is 17.9 Å². The van der Waals surface area contributed by atoms with Crippen molar-refractivity contribution < 1.29 is 17.2 Å². The molecule has 0 unspecified atom stereocenters. The molecule has 4 nitrogen and oxygen atoms in total. The minimum Gasteiger partial charge on any atom is -0.459 e. The Balaban J connectivity index is 1.90. The molecule has 0 aliphatic carbocycles. The van der Waals surface area contributed by atoms with Crippen LogP contribution >= 0.6 is 0 Å². The Hall–Kier alpha value is -2.18. The molecule has 1 heterocycles. The standard InChI is InChI=1S/C16H14FNO3S/c1-11(15-10-12-6-2-4-8-14(12)21-15)18-22(19,20)16-9-5-3-7-13(16)17/h2-11,18H,1H3/t11-/m0/s1. The molecular formula is C16H14FNO3S. The molecule has 1 atom stereocenters. The first kappa shape index (κ1) is 14.7. The maximum Gasteiger partial charge on any atom is 0.244 e. The third kappa shape index (κ3) is 2.75. The molecule has 0 aliphatic rings. The van der Waals surface area contributed by atoms with Gasteiger partial charge >= 0.3 is 0 Å². The van der Waals surface area contributed by atoms with E-state index in [-0.39, 0.29) is 4.90 Å². The first-order valence-corrected chi connectivity index (χ1v) is 8.21. The molecule has 0 saturated carbocycles. The Labute approximate surface area is 127 Å². The number of halogens is 1. The number of rotatable bonds is 4. The van der Waals surface area contributed by atoms with Gasteiger partial charge in [-0.15, -0.1) is 0 Å². The van der Waals surface area contributed by atoms with Gasteiger partial charge in [0.2, 0.25) is 10.0 Å². The molecule has 3 aromatic rings. The van der Waals surface area contributed by atoms with Crippen molar-refractivity contribution in [2.75, 3.05) is 0 Å². The maximum atomic E-state index is 13.7. The van der Waals surface area contributed by atoms with E-state index in [2.05, 4.69) is 4.72 Å². The third-order valence-corrected chi connectivity index (χ3v) is 4.90. The van der Waals surface area contributed by atoms with Crippen LogP contribution in [0.3, 0.4) is 0 Å². The maximum absolute atomic E-state index is 13.7. The van der Waals surface area contributed by atoms with Crippen LogP contribution in [0.5, 0.6) is 0 Å². The van der Waals surface area contributed by atoms with Crippen LogP contribution in [0.2, 0.25) is 0 Å². The van der Waals surface area contributed by atoms with Crippen LogP contribution in [0.1, 0.15) is 18.7 Å². The molecule has 0 bridgehead atoms. The van der Waals surface area contributed by atoms with E-state index in [9.17, 15) is 12.8 Å². The number of nitrogens with one attached hydrogen (secondary N) is 1. The Morgan fingerprint density at radius 2 is 1.77 bits per heavy atom. The highest BCUT2D eigenvalue weighted by atomic mass is 32.2. The van der Waals surface area contributed by atoms with Crippen molar-refractivity contribution in [1.29, 1.82) is 0 Å². The molecule has 3 rings (SSSR count). The van der Waals surface area contributed by atoms with Gasteiger partial charge in [-0.3, -0.25) is 0 Å². The Morgan fingerprint density at radius 3 is 2.50 bits per heavy atom. The van der Waals surface area contributed by atoms with Gasteiger partial charge in [-0.05, 0) is 31.2 Å². The van der Waals surface area contributed by atoms with Gasteiger partial charge < -0.3 is 4.42 Å². The van der Waals surface area contributed by atoms with E-state index in [1.807, 2.05) is 18.2 Å². The van der Waals surface area contributed by atoms with Crippen molar-refractivity contribution in [3.8, 4) is 0 Å². The fourth-order valence-electron chi connectivity index (χ4n) is 2.23. The highest BCUT2D eigenvalue weighted by Gasteiger charge is 2.23. The van der Waals surface area contributed by atoms with Crippen LogP contribution in [0.25, 0.3) is 11.0 Å². The second kappa shape index (κ2) is 5.55. The summed E-state index contributed by atoms with van der Waals surface area (Å²) in [7, 11) is -3.96. The first-order valence-electron chi connectivity index (χ1n) is 6.73. The first-order chi connectivity index (χ1) is 10.5. The molecule has 0 spiro atoms. The molecular weight excluding hydrogens is 305 g/mol. The van der Waals surface area contributed by atoms with Crippen LogP contribution in [0.15, 0.2) is 63.9 Å². The van der Waals surface area contributed by atoms with Crippen LogP contribution in [-0.2, 0) is 10.0 Å². The van der Waals surface area contributed by atoms with Crippen LogP contribution in [0, 0.1) is 5.82 Å². The van der Waals surface area contributed by atoms with E-state index in [0.717, 1.165) is 11.5 Å². The minimum atomic E-state index is -3.96. The number of benzene rings is 2. The van der Waals surface area contributed by atoms with Gasteiger partial charge in [0.05, 0.1) is 6.04 Å². The summed E-state index contributed by atoms with van der Waals surface area (Å²) in [5.74, 6) is -0.312.